The Labute approximate surface area is 225 Å². The van der Waals surface area contributed by atoms with E-state index in [1.807, 2.05) is 0 Å². The van der Waals surface area contributed by atoms with Crippen molar-refractivity contribution in [2.45, 2.75) is 39.7 Å². The van der Waals surface area contributed by atoms with E-state index in [0.717, 1.165) is 34.6 Å². The van der Waals surface area contributed by atoms with Gasteiger partial charge in [0.15, 0.2) is 14.6 Å². The number of thiophene rings is 1. The van der Waals surface area contributed by atoms with Crippen LogP contribution in [-0.4, -0.2) is 53.8 Å². The third kappa shape index (κ3) is 5.84. The molecule has 3 aromatic rings. The number of nitrogens with zero attached hydrogens (tertiary/aromatic N) is 3. The Morgan fingerprint density at radius 3 is 2.63 bits per heavy atom. The number of benzene rings is 1. The molecule has 0 aliphatic heterocycles. The van der Waals surface area contributed by atoms with Crippen molar-refractivity contribution in [2.75, 3.05) is 23.4 Å². The molecule has 1 aliphatic carbocycles. The molecule has 2 aromatic heterocycles. The lowest BCUT2D eigenvalue weighted by Gasteiger charge is -2.08. The Morgan fingerprint density at radius 2 is 1.95 bits per heavy atom. The van der Waals surface area contributed by atoms with Crippen LogP contribution in [0.1, 0.15) is 41.1 Å². The Bertz CT molecular complexity index is 1630. The Hall–Kier alpha value is -3.43. The molecule has 12 nitrogen and oxygen atoms in total. The predicted octanol–water partition coefficient (Wildman–Crippen LogP) is 2.84. The van der Waals surface area contributed by atoms with Crippen molar-refractivity contribution in [3.63, 3.8) is 0 Å². The minimum atomic E-state index is -4.19. The number of sulfone groups is 1. The number of aromatic nitrogens is 1. The third-order valence-electron chi connectivity index (χ3n) is 5.76. The Kier molecular flexibility index (Phi) is 8.08. The molecule has 2 amide bonds. The summed E-state index contributed by atoms with van der Waals surface area (Å²) in [5.74, 6) is -4.38. The highest BCUT2D eigenvalue weighted by Crippen LogP contribution is 2.39. The smallest absolute Gasteiger partial charge is 0.341 e. The van der Waals surface area contributed by atoms with Crippen LogP contribution in [0.2, 0.25) is 0 Å². The molecular weight excluding hydrogens is 556 g/mol. The maximum Gasteiger partial charge on any atom is 0.341 e. The van der Waals surface area contributed by atoms with Gasteiger partial charge >= 0.3 is 5.97 Å². The quantitative estimate of drug-likeness (QED) is 0.229. The lowest BCUT2D eigenvalue weighted by molar-refractivity contribution is -0.384. The number of anilines is 1. The van der Waals surface area contributed by atoms with E-state index >= 15 is 0 Å². The molecule has 0 bridgehead atoms. The number of fused-ring (bicyclic) bond motifs is 2. The number of carbonyl (C=O) groups is 3. The predicted molar refractivity (Wildman–Crippen MR) is 142 cm³/mol. The molecule has 0 saturated heterocycles. The van der Waals surface area contributed by atoms with Gasteiger partial charge in [-0.2, -0.15) is 4.99 Å². The number of non-ortho nitro benzene ring substituents is 1. The summed E-state index contributed by atoms with van der Waals surface area (Å²) in [6, 6.07) is 4.25. The van der Waals surface area contributed by atoms with Crippen LogP contribution in [0.4, 0.5) is 10.7 Å². The van der Waals surface area contributed by atoms with E-state index < -0.39 is 44.0 Å². The first-order chi connectivity index (χ1) is 18.0. The number of amides is 2. The van der Waals surface area contributed by atoms with Gasteiger partial charge in [0.2, 0.25) is 5.91 Å². The number of rotatable bonds is 9. The normalized spacial score (nSPS) is 13.5. The zero-order valence-electron chi connectivity index (χ0n) is 20.5. The summed E-state index contributed by atoms with van der Waals surface area (Å²) in [5, 5.41) is 13.8. The minimum Gasteiger partial charge on any atom is -0.462 e. The van der Waals surface area contributed by atoms with E-state index in [1.165, 1.54) is 23.5 Å². The zero-order chi connectivity index (χ0) is 27.6. The van der Waals surface area contributed by atoms with Crippen molar-refractivity contribution in [3.05, 3.63) is 49.1 Å². The second-order valence-corrected chi connectivity index (χ2v) is 12.6. The molecule has 0 atom stereocenters. The number of ether oxygens (including phenoxy) is 1. The Balaban J connectivity index is 1.50. The van der Waals surface area contributed by atoms with Crippen LogP contribution in [0.25, 0.3) is 10.2 Å². The summed E-state index contributed by atoms with van der Waals surface area (Å²) in [4.78, 5) is 53.2. The van der Waals surface area contributed by atoms with E-state index in [0.29, 0.717) is 23.2 Å². The van der Waals surface area contributed by atoms with Gasteiger partial charge in [-0.15, -0.1) is 11.3 Å². The number of carbonyl (C=O) groups excluding carboxylic acids is 3. The van der Waals surface area contributed by atoms with Gasteiger partial charge in [0.25, 0.3) is 11.6 Å². The summed E-state index contributed by atoms with van der Waals surface area (Å²) in [7, 11) is -4.19. The number of esters is 1. The molecule has 15 heteroatoms. The molecule has 38 heavy (non-hydrogen) atoms. The molecule has 0 radical (unpaired) electrons. The van der Waals surface area contributed by atoms with Gasteiger partial charge in [-0.05, 0) is 44.7 Å². The maximum absolute atomic E-state index is 12.6. The number of nitro benzene ring substituents is 1. The van der Waals surface area contributed by atoms with Crippen molar-refractivity contribution < 1.29 is 32.5 Å². The lowest BCUT2D eigenvalue weighted by Crippen LogP contribution is -2.28. The van der Waals surface area contributed by atoms with Gasteiger partial charge in [-0.1, -0.05) is 11.3 Å². The molecular formula is C23H24N4O8S3. The first-order valence-electron chi connectivity index (χ1n) is 11.7. The Morgan fingerprint density at radius 1 is 1.18 bits per heavy atom. The van der Waals surface area contributed by atoms with Crippen molar-refractivity contribution in [1.82, 2.24) is 4.57 Å². The van der Waals surface area contributed by atoms with Gasteiger partial charge in [-0.3, -0.25) is 19.7 Å². The zero-order valence-corrected chi connectivity index (χ0v) is 23.0. The molecule has 202 valence electrons. The van der Waals surface area contributed by atoms with E-state index in [9.17, 15) is 32.9 Å². The van der Waals surface area contributed by atoms with Crippen LogP contribution < -0.4 is 10.1 Å². The van der Waals surface area contributed by atoms with Crippen LogP contribution in [0.5, 0.6) is 0 Å². The number of hydrogen-bond donors (Lipinski definition) is 1. The molecule has 0 spiro atoms. The molecule has 1 aromatic carbocycles. The number of nitro groups is 1. The highest BCUT2D eigenvalue weighted by molar-refractivity contribution is 7.92. The second-order valence-electron chi connectivity index (χ2n) is 8.41. The van der Waals surface area contributed by atoms with Crippen LogP contribution in [0.3, 0.4) is 0 Å². The summed E-state index contributed by atoms with van der Waals surface area (Å²) in [5.41, 5.74) is 1.58. The van der Waals surface area contributed by atoms with Gasteiger partial charge in [0, 0.05) is 23.6 Å². The lowest BCUT2D eigenvalue weighted by atomic mass is 10.1. The van der Waals surface area contributed by atoms with E-state index in [2.05, 4.69) is 10.3 Å². The fourth-order valence-corrected chi connectivity index (χ4v) is 7.67. The fraction of sp³-hybridized carbons (Fsp3) is 0.391. The van der Waals surface area contributed by atoms with Crippen LogP contribution in [0.15, 0.2) is 23.2 Å². The maximum atomic E-state index is 12.6. The highest BCUT2D eigenvalue weighted by Gasteiger charge is 2.29. The van der Waals surface area contributed by atoms with Crippen LogP contribution in [-0.2, 0) is 43.5 Å². The summed E-state index contributed by atoms with van der Waals surface area (Å²) in [6.45, 7) is 4.02. The minimum absolute atomic E-state index is 0.115. The van der Waals surface area contributed by atoms with Gasteiger partial charge < -0.3 is 14.6 Å². The van der Waals surface area contributed by atoms with Crippen LogP contribution >= 0.6 is 22.7 Å². The van der Waals surface area contributed by atoms with Crippen molar-refractivity contribution in [1.29, 1.82) is 0 Å². The van der Waals surface area contributed by atoms with E-state index in [4.69, 9.17) is 4.74 Å². The number of thiazole rings is 1. The van der Waals surface area contributed by atoms with Crippen LogP contribution in [0, 0.1) is 10.1 Å². The molecule has 2 heterocycles. The van der Waals surface area contributed by atoms with Crippen molar-refractivity contribution in [2.24, 2.45) is 4.99 Å². The fourth-order valence-electron chi connectivity index (χ4n) is 4.22. The summed E-state index contributed by atoms with van der Waals surface area (Å²) in [6.07, 6.45) is 2.32. The standard InChI is InChI=1S/C23H24N4O8S3/c1-3-26-15-9-8-13(27(31)32)10-17(15)37-23(26)25-19(29)12-38(33,34)11-18(28)24-21-20(22(30)35-4-2)14-6-5-7-16(14)36-21/h8-10H,3-7,11-12H2,1-2H3,(H,24,28). The number of nitrogens with one attached hydrogen (secondary N) is 1. The number of aryl methyl sites for hydroxylation is 2. The van der Waals surface area contributed by atoms with E-state index in [-0.39, 0.29) is 27.7 Å². The first kappa shape index (κ1) is 27.6. The summed E-state index contributed by atoms with van der Waals surface area (Å²) >= 11 is 2.25. The molecule has 4 rings (SSSR count). The molecule has 0 saturated carbocycles. The summed E-state index contributed by atoms with van der Waals surface area (Å²) < 4.78 is 32.5. The van der Waals surface area contributed by atoms with E-state index in [1.54, 1.807) is 24.5 Å². The van der Waals surface area contributed by atoms with Gasteiger partial charge in [-0.25, -0.2) is 13.2 Å². The van der Waals surface area contributed by atoms with Gasteiger partial charge in [0.1, 0.15) is 16.5 Å². The monoisotopic (exact) mass is 580 g/mol. The average molecular weight is 581 g/mol. The highest BCUT2D eigenvalue weighted by atomic mass is 32.2. The molecule has 1 N–H and O–H groups in total. The average Bonchev–Trinajstić information content (AvgIpc) is 3.49. The molecule has 1 aliphatic rings. The largest absolute Gasteiger partial charge is 0.462 e. The second kappa shape index (κ2) is 11.1. The van der Waals surface area contributed by atoms with Gasteiger partial charge in [0.05, 0.1) is 27.3 Å². The first-order valence-corrected chi connectivity index (χ1v) is 15.2. The topological polar surface area (TPSA) is 167 Å². The number of hydrogen-bond acceptors (Lipinski definition) is 10. The van der Waals surface area contributed by atoms with Crippen molar-refractivity contribution >= 4 is 71.2 Å². The SMILES string of the molecule is CCOC(=O)c1c(NC(=O)CS(=O)(=O)CC(=O)N=c2sc3cc([N+](=O)[O-])ccc3n2CC)sc2c1CCC2. The molecule has 0 unspecified atom stereocenters. The van der Waals surface area contributed by atoms with Crippen molar-refractivity contribution in [3.8, 4) is 0 Å². The third-order valence-corrected chi connectivity index (χ3v) is 9.40. The molecule has 0 fully saturated rings.